The number of carbonyl (C=O) groups excluding carboxylic acids is 6. The maximum absolute atomic E-state index is 12.3. The Balaban J connectivity index is 0.000000407. The summed E-state index contributed by atoms with van der Waals surface area (Å²) in [4.78, 5) is 71.6. The first-order valence-electron chi connectivity index (χ1n) is 15.7. The number of ether oxygens (including phenoxy) is 3. The van der Waals surface area contributed by atoms with Crippen molar-refractivity contribution in [1.29, 1.82) is 0 Å². The Morgan fingerprint density at radius 3 is 0.980 bits per heavy atom. The molecule has 50 heavy (non-hydrogen) atoms. The Hall–Kier alpha value is -6.04. The summed E-state index contributed by atoms with van der Waals surface area (Å²) in [6, 6.07) is 25.3. The molecule has 0 bridgehead atoms. The molecule has 0 saturated heterocycles. The van der Waals surface area contributed by atoms with Crippen molar-refractivity contribution in [1.82, 2.24) is 16.0 Å². The summed E-state index contributed by atoms with van der Waals surface area (Å²) < 4.78 is 14.2. The van der Waals surface area contributed by atoms with Crippen LogP contribution in [0.1, 0.15) is 23.6 Å². The van der Waals surface area contributed by atoms with Gasteiger partial charge in [0.15, 0.2) is 0 Å². The fourth-order valence-electron chi connectivity index (χ4n) is 4.52. The molecule has 0 fully saturated rings. The van der Waals surface area contributed by atoms with Crippen molar-refractivity contribution in [3.05, 3.63) is 132 Å². The molecular formula is C38H43N3O9. The molecule has 264 valence electrons. The van der Waals surface area contributed by atoms with E-state index < -0.39 is 47.8 Å². The van der Waals surface area contributed by atoms with E-state index in [1.807, 2.05) is 91.0 Å². The van der Waals surface area contributed by atoms with Gasteiger partial charge in [0.2, 0.25) is 17.7 Å². The Bertz CT molecular complexity index is 1520. The summed E-state index contributed by atoms with van der Waals surface area (Å²) in [5.74, 6) is -3.25. The molecule has 3 unspecified atom stereocenters. The van der Waals surface area contributed by atoms with Gasteiger partial charge in [-0.15, -0.1) is 0 Å². The van der Waals surface area contributed by atoms with Crippen LogP contribution in [0.15, 0.2) is 115 Å². The van der Waals surface area contributed by atoms with E-state index in [4.69, 9.17) is 9.47 Å². The number of hydrogen-bond acceptors (Lipinski definition) is 9. The molecule has 3 aromatic carbocycles. The van der Waals surface area contributed by atoms with Gasteiger partial charge in [-0.3, -0.25) is 14.4 Å². The second-order valence-corrected chi connectivity index (χ2v) is 10.7. The number of carbonyl (C=O) groups is 6. The lowest BCUT2D eigenvalue weighted by molar-refractivity contribution is -0.145. The molecule has 0 spiro atoms. The molecule has 0 heterocycles. The SMILES string of the molecule is C/C=C/C(=O)NC(Cc1ccccc1)C(=O)OC.COC(=O)C(Cc1ccccc1)NC(=O)/C=C/C(=O)NC(Cc1ccccc1)C(=O)OC. The molecule has 12 nitrogen and oxygen atoms in total. The standard InChI is InChI=1S/C24H26N2O6.C14H17NO3/c1-31-23(29)19(15-17-9-5-3-6-10-17)25-21(27)13-14-22(28)26-20(24(30)32-2)16-18-11-7-4-8-12-18;1-3-7-13(16)15-12(14(17)18-2)10-11-8-5-4-6-9-11/h3-14,19-20H,15-16H2,1-2H3,(H,25,27)(H,26,28);3-9,12H,10H2,1-2H3,(H,15,16)/b14-13+;7-3+. The van der Waals surface area contributed by atoms with Crippen molar-refractivity contribution in [3.8, 4) is 0 Å². The van der Waals surface area contributed by atoms with Crippen molar-refractivity contribution < 1.29 is 43.0 Å². The average Bonchev–Trinajstić information content (AvgIpc) is 3.13. The van der Waals surface area contributed by atoms with E-state index in [1.165, 1.54) is 27.4 Å². The highest BCUT2D eigenvalue weighted by atomic mass is 16.5. The molecule has 0 radical (unpaired) electrons. The predicted octanol–water partition coefficient (Wildman–Crippen LogP) is 2.81. The number of hydrogen-bond donors (Lipinski definition) is 3. The second kappa shape index (κ2) is 22.5. The number of allylic oxidation sites excluding steroid dienone is 1. The largest absolute Gasteiger partial charge is 0.467 e. The number of benzene rings is 3. The highest BCUT2D eigenvalue weighted by molar-refractivity contribution is 5.99. The summed E-state index contributed by atoms with van der Waals surface area (Å²) in [6.07, 6.45) is 5.87. The van der Waals surface area contributed by atoms with E-state index in [9.17, 15) is 28.8 Å². The van der Waals surface area contributed by atoms with Gasteiger partial charge in [-0.1, -0.05) is 97.1 Å². The number of rotatable bonds is 15. The van der Waals surface area contributed by atoms with Crippen LogP contribution >= 0.6 is 0 Å². The quantitative estimate of drug-likeness (QED) is 0.124. The van der Waals surface area contributed by atoms with Crippen LogP contribution in [0, 0.1) is 0 Å². The lowest BCUT2D eigenvalue weighted by atomic mass is 10.1. The summed E-state index contributed by atoms with van der Waals surface area (Å²) >= 11 is 0. The van der Waals surface area contributed by atoms with Crippen LogP contribution in [-0.2, 0) is 62.2 Å². The van der Waals surface area contributed by atoms with Gasteiger partial charge in [-0.05, 0) is 29.7 Å². The maximum atomic E-state index is 12.3. The van der Waals surface area contributed by atoms with E-state index in [2.05, 4.69) is 20.7 Å². The van der Waals surface area contributed by atoms with Crippen LogP contribution in [0.4, 0.5) is 0 Å². The van der Waals surface area contributed by atoms with Crippen LogP contribution in [0.3, 0.4) is 0 Å². The fourth-order valence-corrected chi connectivity index (χ4v) is 4.52. The lowest BCUT2D eigenvalue weighted by Crippen LogP contribution is -2.43. The van der Waals surface area contributed by atoms with Crippen LogP contribution in [0.2, 0.25) is 0 Å². The zero-order valence-corrected chi connectivity index (χ0v) is 28.5. The second-order valence-electron chi connectivity index (χ2n) is 10.7. The van der Waals surface area contributed by atoms with Gasteiger partial charge in [0.25, 0.3) is 0 Å². The van der Waals surface area contributed by atoms with E-state index in [-0.39, 0.29) is 18.7 Å². The van der Waals surface area contributed by atoms with Crippen molar-refractivity contribution in [3.63, 3.8) is 0 Å². The van der Waals surface area contributed by atoms with Gasteiger partial charge >= 0.3 is 17.9 Å². The monoisotopic (exact) mass is 685 g/mol. The molecule has 3 atom stereocenters. The maximum Gasteiger partial charge on any atom is 0.328 e. The minimum atomic E-state index is -0.913. The topological polar surface area (TPSA) is 166 Å². The average molecular weight is 686 g/mol. The summed E-state index contributed by atoms with van der Waals surface area (Å²) in [5.41, 5.74) is 2.65. The van der Waals surface area contributed by atoms with E-state index >= 15 is 0 Å². The number of nitrogens with one attached hydrogen (secondary N) is 3. The molecule has 0 aliphatic heterocycles. The molecule has 0 aromatic heterocycles. The van der Waals surface area contributed by atoms with Gasteiger partial charge in [-0.2, -0.15) is 0 Å². The first-order chi connectivity index (χ1) is 24.1. The van der Waals surface area contributed by atoms with E-state index in [0.717, 1.165) is 28.8 Å². The minimum absolute atomic E-state index is 0.237. The molecule has 3 aromatic rings. The molecular weight excluding hydrogens is 642 g/mol. The van der Waals surface area contributed by atoms with E-state index in [1.54, 1.807) is 13.0 Å². The van der Waals surface area contributed by atoms with Gasteiger partial charge in [0, 0.05) is 31.4 Å². The Morgan fingerprint density at radius 2 is 0.740 bits per heavy atom. The van der Waals surface area contributed by atoms with Gasteiger partial charge in [0.05, 0.1) is 21.3 Å². The molecule has 12 heteroatoms. The van der Waals surface area contributed by atoms with Gasteiger partial charge in [-0.25, -0.2) is 14.4 Å². The van der Waals surface area contributed by atoms with Crippen LogP contribution in [0.25, 0.3) is 0 Å². The lowest BCUT2D eigenvalue weighted by Gasteiger charge is -2.16. The normalized spacial score (nSPS) is 12.3. The van der Waals surface area contributed by atoms with E-state index in [0.29, 0.717) is 6.42 Å². The Kier molecular flexibility index (Phi) is 18.1. The zero-order valence-electron chi connectivity index (χ0n) is 28.5. The van der Waals surface area contributed by atoms with Gasteiger partial charge in [0.1, 0.15) is 18.1 Å². The minimum Gasteiger partial charge on any atom is -0.467 e. The fraction of sp³-hybridized carbons (Fsp3) is 0.263. The first-order valence-corrected chi connectivity index (χ1v) is 15.7. The van der Waals surface area contributed by atoms with Gasteiger partial charge < -0.3 is 30.2 Å². The summed E-state index contributed by atoms with van der Waals surface area (Å²) in [5, 5.41) is 7.67. The molecule has 0 aliphatic rings. The third-order valence-corrected chi connectivity index (χ3v) is 6.96. The van der Waals surface area contributed by atoms with Crippen LogP contribution in [-0.4, -0.2) is 75.1 Å². The first kappa shape index (κ1) is 40.1. The van der Waals surface area contributed by atoms with Crippen molar-refractivity contribution in [2.45, 2.75) is 44.3 Å². The highest BCUT2D eigenvalue weighted by Gasteiger charge is 2.23. The molecule has 0 saturated carbocycles. The summed E-state index contributed by atoms with van der Waals surface area (Å²) in [6.45, 7) is 1.74. The number of amides is 3. The summed E-state index contributed by atoms with van der Waals surface area (Å²) in [7, 11) is 3.77. The third-order valence-electron chi connectivity index (χ3n) is 6.96. The van der Waals surface area contributed by atoms with Crippen LogP contribution in [0.5, 0.6) is 0 Å². The molecule has 3 rings (SSSR count). The van der Waals surface area contributed by atoms with Crippen molar-refractivity contribution in [2.75, 3.05) is 21.3 Å². The van der Waals surface area contributed by atoms with Crippen molar-refractivity contribution in [2.24, 2.45) is 0 Å². The van der Waals surface area contributed by atoms with Crippen molar-refractivity contribution >= 4 is 35.6 Å². The smallest absolute Gasteiger partial charge is 0.328 e. The zero-order chi connectivity index (χ0) is 36.7. The molecule has 3 N–H and O–H groups in total. The number of methoxy groups -OCH3 is 3. The Morgan fingerprint density at radius 1 is 0.480 bits per heavy atom. The number of esters is 3. The highest BCUT2D eigenvalue weighted by Crippen LogP contribution is 2.07. The van der Waals surface area contributed by atoms with Crippen LogP contribution < -0.4 is 16.0 Å². The Labute approximate surface area is 291 Å². The predicted molar refractivity (Wildman–Crippen MR) is 186 cm³/mol. The molecule has 3 amide bonds. The molecule has 0 aliphatic carbocycles. The third kappa shape index (κ3) is 15.2.